The predicted octanol–water partition coefficient (Wildman–Crippen LogP) is 2.40. The highest BCUT2D eigenvalue weighted by Crippen LogP contribution is 2.13. The number of amides is 1. The van der Waals surface area contributed by atoms with Crippen molar-refractivity contribution in [3.63, 3.8) is 0 Å². The highest BCUT2D eigenvalue weighted by Gasteiger charge is 2.10. The Labute approximate surface area is 118 Å². The number of ether oxygens (including phenoxy) is 1. The van der Waals surface area contributed by atoms with Crippen LogP contribution in [0.25, 0.3) is 0 Å². The number of hydrogen-bond donors (Lipinski definition) is 1. The molecule has 0 aliphatic heterocycles. The molecule has 1 aromatic carbocycles. The fraction of sp³-hybridized carbons (Fsp3) is 0.333. The van der Waals surface area contributed by atoms with E-state index in [2.05, 4.69) is 10.4 Å². The lowest BCUT2D eigenvalue weighted by Gasteiger charge is -2.07. The summed E-state index contributed by atoms with van der Waals surface area (Å²) >= 11 is 0. The van der Waals surface area contributed by atoms with Gasteiger partial charge in [0.25, 0.3) is 5.91 Å². The molecule has 106 valence electrons. The van der Waals surface area contributed by atoms with Gasteiger partial charge in [0.05, 0.1) is 25.0 Å². The third-order valence-corrected chi connectivity index (χ3v) is 3.05. The highest BCUT2D eigenvalue weighted by molar-refractivity contribution is 6.05. The molecule has 1 aromatic heterocycles. The van der Waals surface area contributed by atoms with Crippen molar-refractivity contribution in [3.8, 4) is 0 Å². The zero-order valence-corrected chi connectivity index (χ0v) is 12.0. The third-order valence-electron chi connectivity index (χ3n) is 3.05. The lowest BCUT2D eigenvalue weighted by atomic mass is 10.1. The first-order valence-electron chi connectivity index (χ1n) is 6.50. The molecule has 2 rings (SSSR count). The predicted molar refractivity (Wildman–Crippen MR) is 78.0 cm³/mol. The molecular formula is C15H19N3O2. The Morgan fingerprint density at radius 1 is 1.40 bits per heavy atom. The maximum atomic E-state index is 12.2. The number of rotatable bonds is 5. The second-order valence-electron chi connectivity index (χ2n) is 4.76. The number of hydrogen-bond acceptors (Lipinski definition) is 3. The van der Waals surface area contributed by atoms with Gasteiger partial charge >= 0.3 is 0 Å². The Morgan fingerprint density at radius 2 is 2.20 bits per heavy atom. The number of carbonyl (C=O) groups is 1. The van der Waals surface area contributed by atoms with Crippen LogP contribution in [0.2, 0.25) is 0 Å². The fourth-order valence-corrected chi connectivity index (χ4v) is 1.91. The number of aromatic nitrogens is 2. The molecule has 0 spiro atoms. The van der Waals surface area contributed by atoms with Crippen LogP contribution in [0, 0.1) is 13.8 Å². The molecule has 5 heteroatoms. The molecule has 0 aliphatic carbocycles. The van der Waals surface area contributed by atoms with Gasteiger partial charge in [-0.2, -0.15) is 5.10 Å². The standard InChI is InChI=1S/C15H19N3O2/c1-11-4-5-12(2)14(8-11)15(19)17-13-9-16-18(10-13)6-7-20-3/h4-5,8-10H,6-7H2,1-3H3,(H,17,19). The summed E-state index contributed by atoms with van der Waals surface area (Å²) < 4.78 is 6.72. The topological polar surface area (TPSA) is 56.1 Å². The normalized spacial score (nSPS) is 10.6. The number of nitrogens with zero attached hydrogens (tertiary/aromatic N) is 2. The van der Waals surface area contributed by atoms with Gasteiger partial charge in [-0.05, 0) is 25.5 Å². The van der Waals surface area contributed by atoms with Crippen LogP contribution in [-0.2, 0) is 11.3 Å². The molecule has 1 amide bonds. The van der Waals surface area contributed by atoms with Crippen molar-refractivity contribution in [1.29, 1.82) is 0 Å². The second-order valence-corrected chi connectivity index (χ2v) is 4.76. The molecule has 0 radical (unpaired) electrons. The maximum Gasteiger partial charge on any atom is 0.256 e. The van der Waals surface area contributed by atoms with Crippen molar-refractivity contribution in [2.24, 2.45) is 0 Å². The lowest BCUT2D eigenvalue weighted by molar-refractivity contribution is 0.102. The summed E-state index contributed by atoms with van der Waals surface area (Å²) in [5.74, 6) is -0.113. The Kier molecular flexibility index (Phi) is 4.53. The van der Waals surface area contributed by atoms with Gasteiger partial charge in [-0.15, -0.1) is 0 Å². The van der Waals surface area contributed by atoms with Crippen molar-refractivity contribution < 1.29 is 9.53 Å². The quantitative estimate of drug-likeness (QED) is 0.910. The van der Waals surface area contributed by atoms with Crippen LogP contribution in [0.15, 0.2) is 30.6 Å². The Balaban J connectivity index is 2.07. The number of benzene rings is 1. The average Bonchev–Trinajstić information content (AvgIpc) is 2.86. The monoisotopic (exact) mass is 273 g/mol. The fourth-order valence-electron chi connectivity index (χ4n) is 1.91. The van der Waals surface area contributed by atoms with E-state index in [-0.39, 0.29) is 5.91 Å². The maximum absolute atomic E-state index is 12.2. The summed E-state index contributed by atoms with van der Waals surface area (Å²) in [6.07, 6.45) is 3.43. The molecule has 20 heavy (non-hydrogen) atoms. The zero-order valence-electron chi connectivity index (χ0n) is 12.0. The number of nitrogens with one attached hydrogen (secondary N) is 1. The minimum absolute atomic E-state index is 0.113. The van der Waals surface area contributed by atoms with Crippen molar-refractivity contribution >= 4 is 11.6 Å². The van der Waals surface area contributed by atoms with Crippen molar-refractivity contribution in [1.82, 2.24) is 9.78 Å². The Bertz CT molecular complexity index is 605. The zero-order chi connectivity index (χ0) is 14.5. The summed E-state index contributed by atoms with van der Waals surface area (Å²) in [7, 11) is 1.65. The molecule has 0 saturated heterocycles. The van der Waals surface area contributed by atoms with Gasteiger partial charge in [0, 0.05) is 18.9 Å². The summed E-state index contributed by atoms with van der Waals surface area (Å²) in [5, 5.41) is 7.02. The molecule has 0 saturated carbocycles. The van der Waals surface area contributed by atoms with E-state index < -0.39 is 0 Å². The van der Waals surface area contributed by atoms with Crippen molar-refractivity contribution in [2.45, 2.75) is 20.4 Å². The Hall–Kier alpha value is -2.14. The van der Waals surface area contributed by atoms with E-state index >= 15 is 0 Å². The van der Waals surface area contributed by atoms with Crippen LogP contribution < -0.4 is 5.32 Å². The molecular weight excluding hydrogens is 254 g/mol. The van der Waals surface area contributed by atoms with Gasteiger partial charge in [-0.1, -0.05) is 17.7 Å². The largest absolute Gasteiger partial charge is 0.383 e. The van der Waals surface area contributed by atoms with Crippen LogP contribution in [0.4, 0.5) is 5.69 Å². The van der Waals surface area contributed by atoms with Crippen LogP contribution in [0.5, 0.6) is 0 Å². The molecule has 0 atom stereocenters. The molecule has 0 fully saturated rings. The lowest BCUT2D eigenvalue weighted by Crippen LogP contribution is -2.13. The van der Waals surface area contributed by atoms with Crippen LogP contribution >= 0.6 is 0 Å². The van der Waals surface area contributed by atoms with Crippen molar-refractivity contribution in [2.75, 3.05) is 19.0 Å². The highest BCUT2D eigenvalue weighted by atomic mass is 16.5. The molecule has 0 bridgehead atoms. The number of methoxy groups -OCH3 is 1. The van der Waals surface area contributed by atoms with Gasteiger partial charge in [0.2, 0.25) is 0 Å². The van der Waals surface area contributed by atoms with Crippen molar-refractivity contribution in [3.05, 3.63) is 47.3 Å². The van der Waals surface area contributed by atoms with E-state index in [0.717, 1.165) is 11.1 Å². The molecule has 1 N–H and O–H groups in total. The van der Waals surface area contributed by atoms with Gasteiger partial charge in [0.15, 0.2) is 0 Å². The first-order chi connectivity index (χ1) is 9.60. The van der Waals surface area contributed by atoms with Crippen LogP contribution in [-0.4, -0.2) is 29.4 Å². The van der Waals surface area contributed by atoms with Gasteiger partial charge in [-0.3, -0.25) is 9.48 Å². The first kappa shape index (κ1) is 14.3. The van der Waals surface area contributed by atoms with Crippen LogP contribution in [0.1, 0.15) is 21.5 Å². The van der Waals surface area contributed by atoms with Gasteiger partial charge in [0.1, 0.15) is 0 Å². The van der Waals surface area contributed by atoms with E-state index in [1.54, 1.807) is 24.2 Å². The number of anilines is 1. The second kappa shape index (κ2) is 6.34. The summed E-state index contributed by atoms with van der Waals surface area (Å²) in [5.41, 5.74) is 3.40. The Morgan fingerprint density at radius 3 is 2.95 bits per heavy atom. The number of aryl methyl sites for hydroxylation is 2. The van der Waals surface area contributed by atoms with Crippen LogP contribution in [0.3, 0.4) is 0 Å². The molecule has 0 aliphatic rings. The van der Waals surface area contributed by atoms with Gasteiger partial charge < -0.3 is 10.1 Å². The number of carbonyl (C=O) groups excluding carboxylic acids is 1. The average molecular weight is 273 g/mol. The van der Waals surface area contributed by atoms with E-state index in [1.165, 1.54) is 0 Å². The van der Waals surface area contributed by atoms with E-state index in [1.807, 2.05) is 32.0 Å². The third kappa shape index (κ3) is 3.45. The van der Waals surface area contributed by atoms with Gasteiger partial charge in [-0.25, -0.2) is 0 Å². The summed E-state index contributed by atoms with van der Waals surface area (Å²) in [4.78, 5) is 12.2. The summed E-state index contributed by atoms with van der Waals surface area (Å²) in [6.45, 7) is 5.15. The smallest absolute Gasteiger partial charge is 0.256 e. The van der Waals surface area contributed by atoms with E-state index in [0.29, 0.717) is 24.4 Å². The minimum Gasteiger partial charge on any atom is -0.383 e. The summed E-state index contributed by atoms with van der Waals surface area (Å²) in [6, 6.07) is 5.83. The minimum atomic E-state index is -0.113. The molecule has 1 heterocycles. The van der Waals surface area contributed by atoms with E-state index in [9.17, 15) is 4.79 Å². The first-order valence-corrected chi connectivity index (χ1v) is 6.50. The SMILES string of the molecule is COCCn1cc(NC(=O)c2cc(C)ccc2C)cn1. The molecule has 5 nitrogen and oxygen atoms in total. The molecule has 0 unspecified atom stereocenters. The van der Waals surface area contributed by atoms with E-state index in [4.69, 9.17) is 4.74 Å². The molecule has 2 aromatic rings.